The summed E-state index contributed by atoms with van der Waals surface area (Å²) < 4.78 is 2.19. The zero-order valence-corrected chi connectivity index (χ0v) is 13.4. The molecular formula is C21H21N. The Bertz CT molecular complexity index is 833. The molecule has 0 fully saturated rings. The Hall–Kier alpha value is -2.46. The largest absolute Gasteiger partial charge is 0.336 e. The van der Waals surface area contributed by atoms with Crippen molar-refractivity contribution in [2.24, 2.45) is 0 Å². The van der Waals surface area contributed by atoms with Gasteiger partial charge in [-0.1, -0.05) is 62.9 Å². The van der Waals surface area contributed by atoms with Crippen LogP contribution in [0.15, 0.2) is 60.8 Å². The predicted molar refractivity (Wildman–Crippen MR) is 94.0 cm³/mol. The lowest BCUT2D eigenvalue weighted by Gasteiger charge is -2.18. The van der Waals surface area contributed by atoms with Crippen molar-refractivity contribution in [1.82, 2.24) is 4.57 Å². The molecule has 0 aliphatic rings. The van der Waals surface area contributed by atoms with Gasteiger partial charge in [-0.2, -0.15) is 0 Å². The Morgan fingerprint density at radius 3 is 2.36 bits per heavy atom. The number of nitrogens with zero attached hydrogens (tertiary/aromatic N) is 1. The Kier molecular flexibility index (Phi) is 3.77. The van der Waals surface area contributed by atoms with Gasteiger partial charge in [0.2, 0.25) is 0 Å². The molecule has 1 heteroatoms. The summed E-state index contributed by atoms with van der Waals surface area (Å²) in [5.74, 6) is 6.52. The first-order valence-electron chi connectivity index (χ1n) is 7.67. The molecule has 0 amide bonds. The Morgan fingerprint density at radius 2 is 1.64 bits per heavy atom. The van der Waals surface area contributed by atoms with Gasteiger partial charge in [-0.25, -0.2) is 0 Å². The van der Waals surface area contributed by atoms with Crippen LogP contribution in [0.1, 0.15) is 31.9 Å². The van der Waals surface area contributed by atoms with E-state index in [2.05, 4.69) is 98.0 Å². The third-order valence-electron chi connectivity index (χ3n) is 3.91. The number of aromatic nitrogens is 1. The van der Waals surface area contributed by atoms with E-state index in [9.17, 15) is 0 Å². The number of hydrogen-bond donors (Lipinski definition) is 0. The predicted octanol–water partition coefficient (Wildman–Crippen LogP) is 4.99. The van der Waals surface area contributed by atoms with Crippen molar-refractivity contribution >= 4 is 10.9 Å². The zero-order valence-electron chi connectivity index (χ0n) is 13.4. The van der Waals surface area contributed by atoms with E-state index in [1.807, 2.05) is 0 Å². The minimum absolute atomic E-state index is 0.190. The molecule has 0 unspecified atom stereocenters. The van der Waals surface area contributed by atoms with Gasteiger partial charge in [0.25, 0.3) is 0 Å². The van der Waals surface area contributed by atoms with E-state index >= 15 is 0 Å². The normalized spacial score (nSPS) is 11.2. The lowest BCUT2D eigenvalue weighted by Crippen LogP contribution is -2.10. The SMILES string of the molecule is CC(C)(C)c1ccc(C#CCn2ccc3ccccc32)cc1. The van der Waals surface area contributed by atoms with Crippen molar-refractivity contribution in [2.45, 2.75) is 32.7 Å². The summed E-state index contributed by atoms with van der Waals surface area (Å²) in [5.41, 5.74) is 3.84. The van der Waals surface area contributed by atoms with Crippen LogP contribution in [0.5, 0.6) is 0 Å². The minimum atomic E-state index is 0.190. The summed E-state index contributed by atoms with van der Waals surface area (Å²) >= 11 is 0. The molecule has 2 aromatic carbocycles. The van der Waals surface area contributed by atoms with Gasteiger partial charge in [0.1, 0.15) is 0 Å². The molecule has 0 atom stereocenters. The summed E-state index contributed by atoms with van der Waals surface area (Å²) in [6.07, 6.45) is 2.10. The van der Waals surface area contributed by atoms with E-state index in [1.54, 1.807) is 0 Å². The first-order chi connectivity index (χ1) is 10.5. The number of hydrogen-bond acceptors (Lipinski definition) is 0. The standard InChI is InChI=1S/C21H21N/c1-21(2,3)19-12-10-17(11-13-19)7-6-15-22-16-14-18-8-4-5-9-20(18)22/h4-5,8-14,16H,15H2,1-3H3. The third kappa shape index (κ3) is 3.07. The van der Waals surface area contributed by atoms with Crippen LogP contribution in [0.4, 0.5) is 0 Å². The fourth-order valence-electron chi connectivity index (χ4n) is 2.56. The topological polar surface area (TPSA) is 4.93 Å². The number of fused-ring (bicyclic) bond motifs is 1. The average Bonchev–Trinajstić information content (AvgIpc) is 2.90. The molecule has 0 aliphatic carbocycles. The number of rotatable bonds is 1. The van der Waals surface area contributed by atoms with E-state index in [4.69, 9.17) is 0 Å². The van der Waals surface area contributed by atoms with Gasteiger partial charge < -0.3 is 4.57 Å². The second-order valence-corrected chi connectivity index (χ2v) is 6.63. The van der Waals surface area contributed by atoms with Gasteiger partial charge in [-0.05, 0) is 40.6 Å². The maximum atomic E-state index is 3.27. The highest BCUT2D eigenvalue weighted by Crippen LogP contribution is 2.22. The van der Waals surface area contributed by atoms with Gasteiger partial charge in [0.05, 0.1) is 6.54 Å². The molecule has 22 heavy (non-hydrogen) atoms. The molecule has 1 nitrogen and oxygen atoms in total. The summed E-state index contributed by atoms with van der Waals surface area (Å²) in [4.78, 5) is 0. The average molecular weight is 287 g/mol. The molecule has 0 radical (unpaired) electrons. The quantitative estimate of drug-likeness (QED) is 0.556. The maximum absolute atomic E-state index is 3.27. The van der Waals surface area contributed by atoms with Gasteiger partial charge in [-0.15, -0.1) is 0 Å². The summed E-state index contributed by atoms with van der Waals surface area (Å²) in [7, 11) is 0. The minimum Gasteiger partial charge on any atom is -0.336 e. The van der Waals surface area contributed by atoms with Crippen molar-refractivity contribution in [1.29, 1.82) is 0 Å². The highest BCUT2D eigenvalue weighted by atomic mass is 14.9. The van der Waals surface area contributed by atoms with E-state index in [0.717, 1.165) is 5.56 Å². The highest BCUT2D eigenvalue weighted by molar-refractivity contribution is 5.80. The van der Waals surface area contributed by atoms with Crippen LogP contribution < -0.4 is 0 Å². The summed E-state index contributed by atoms with van der Waals surface area (Å²) in [6.45, 7) is 7.40. The van der Waals surface area contributed by atoms with Crippen LogP contribution in [0.3, 0.4) is 0 Å². The molecule has 0 bridgehead atoms. The lowest BCUT2D eigenvalue weighted by atomic mass is 9.87. The Morgan fingerprint density at radius 1 is 0.909 bits per heavy atom. The second-order valence-electron chi connectivity index (χ2n) is 6.63. The highest BCUT2D eigenvalue weighted by Gasteiger charge is 2.12. The fraction of sp³-hybridized carbons (Fsp3) is 0.238. The molecule has 0 aliphatic heterocycles. The van der Waals surface area contributed by atoms with Gasteiger partial charge in [0, 0.05) is 17.3 Å². The second kappa shape index (κ2) is 5.73. The summed E-state index contributed by atoms with van der Waals surface area (Å²) in [5, 5.41) is 1.26. The van der Waals surface area contributed by atoms with Gasteiger partial charge >= 0.3 is 0 Å². The van der Waals surface area contributed by atoms with E-state index in [0.29, 0.717) is 6.54 Å². The fourth-order valence-corrected chi connectivity index (χ4v) is 2.56. The molecule has 3 aromatic rings. The van der Waals surface area contributed by atoms with E-state index in [1.165, 1.54) is 16.5 Å². The molecule has 3 rings (SSSR count). The smallest absolute Gasteiger partial charge is 0.0841 e. The Balaban J connectivity index is 1.76. The van der Waals surface area contributed by atoms with Crippen LogP contribution in [-0.2, 0) is 12.0 Å². The van der Waals surface area contributed by atoms with Crippen molar-refractivity contribution < 1.29 is 0 Å². The van der Waals surface area contributed by atoms with Crippen molar-refractivity contribution in [3.05, 3.63) is 71.9 Å². The third-order valence-corrected chi connectivity index (χ3v) is 3.91. The molecule has 110 valence electrons. The van der Waals surface area contributed by atoms with Gasteiger partial charge in [0.15, 0.2) is 0 Å². The van der Waals surface area contributed by atoms with Crippen molar-refractivity contribution in [3.8, 4) is 11.8 Å². The van der Waals surface area contributed by atoms with E-state index in [-0.39, 0.29) is 5.41 Å². The molecular weight excluding hydrogens is 266 g/mol. The molecule has 0 saturated heterocycles. The van der Waals surface area contributed by atoms with Crippen LogP contribution in [0.2, 0.25) is 0 Å². The molecule has 0 saturated carbocycles. The molecule has 1 heterocycles. The molecule has 1 aromatic heterocycles. The first kappa shape index (κ1) is 14.5. The lowest BCUT2D eigenvalue weighted by molar-refractivity contribution is 0.590. The van der Waals surface area contributed by atoms with E-state index < -0.39 is 0 Å². The zero-order chi connectivity index (χ0) is 15.6. The number of benzene rings is 2. The van der Waals surface area contributed by atoms with Crippen LogP contribution >= 0.6 is 0 Å². The molecule has 0 N–H and O–H groups in total. The summed E-state index contributed by atoms with van der Waals surface area (Å²) in [6, 6.07) is 19.1. The van der Waals surface area contributed by atoms with Crippen LogP contribution in [0.25, 0.3) is 10.9 Å². The monoisotopic (exact) mass is 287 g/mol. The van der Waals surface area contributed by atoms with Gasteiger partial charge in [-0.3, -0.25) is 0 Å². The van der Waals surface area contributed by atoms with Crippen LogP contribution in [-0.4, -0.2) is 4.57 Å². The Labute approximate surface area is 132 Å². The van der Waals surface area contributed by atoms with Crippen molar-refractivity contribution in [3.63, 3.8) is 0 Å². The van der Waals surface area contributed by atoms with Crippen molar-refractivity contribution in [2.75, 3.05) is 0 Å². The maximum Gasteiger partial charge on any atom is 0.0841 e. The number of para-hydroxylation sites is 1. The van der Waals surface area contributed by atoms with Crippen LogP contribution in [0, 0.1) is 11.8 Å². The first-order valence-corrected chi connectivity index (χ1v) is 7.67. The molecule has 0 spiro atoms.